The third kappa shape index (κ3) is 1.41. The summed E-state index contributed by atoms with van der Waals surface area (Å²) in [5.41, 5.74) is 1.12. The van der Waals surface area contributed by atoms with Gasteiger partial charge in [0.2, 0.25) is 0 Å². The predicted octanol–water partition coefficient (Wildman–Crippen LogP) is 0.0706. The van der Waals surface area contributed by atoms with Crippen LogP contribution in [0.2, 0.25) is 0 Å². The molecule has 1 aliphatic heterocycles. The van der Waals surface area contributed by atoms with Gasteiger partial charge in [0.15, 0.2) is 0 Å². The largest absolute Gasteiger partial charge is 0.371 e. The zero-order chi connectivity index (χ0) is 7.52. The van der Waals surface area contributed by atoms with E-state index in [0.717, 1.165) is 25.3 Å². The van der Waals surface area contributed by atoms with Crippen LogP contribution >= 0.6 is 0 Å². The monoisotopic (exact) mass is 153 g/mol. The Labute approximate surface area is 64.9 Å². The van der Waals surface area contributed by atoms with Crippen LogP contribution in [-0.4, -0.2) is 29.9 Å². The topological polar surface area (TPSA) is 49.9 Å². The van der Waals surface area contributed by atoms with E-state index in [1.54, 1.807) is 6.20 Å². The Hall–Kier alpha value is -0.870. The third-order valence-corrected chi connectivity index (χ3v) is 1.82. The average molecular weight is 153 g/mol. The van der Waals surface area contributed by atoms with E-state index in [-0.39, 0.29) is 6.10 Å². The minimum absolute atomic E-state index is 0.183. The number of nitrogens with one attached hydrogen (secondary N) is 2. The van der Waals surface area contributed by atoms with Crippen LogP contribution in [0.15, 0.2) is 12.4 Å². The van der Waals surface area contributed by atoms with Crippen molar-refractivity contribution in [3.63, 3.8) is 0 Å². The summed E-state index contributed by atoms with van der Waals surface area (Å²) in [6.45, 7) is 2.63. The fourth-order valence-corrected chi connectivity index (χ4v) is 1.22. The van der Waals surface area contributed by atoms with Gasteiger partial charge in [-0.3, -0.25) is 5.10 Å². The normalized spacial score (nSPS) is 25.3. The SMILES string of the molecule is c1n[nH]cc1C1CNCCO1. The molecule has 0 amide bonds. The van der Waals surface area contributed by atoms with Gasteiger partial charge in [-0.05, 0) is 0 Å². The van der Waals surface area contributed by atoms with Gasteiger partial charge >= 0.3 is 0 Å². The van der Waals surface area contributed by atoms with E-state index in [0.29, 0.717) is 0 Å². The molecule has 0 aromatic carbocycles. The minimum atomic E-state index is 0.183. The highest BCUT2D eigenvalue weighted by molar-refractivity contribution is 5.08. The average Bonchev–Trinajstić information content (AvgIpc) is 2.58. The number of H-pyrrole nitrogens is 1. The van der Waals surface area contributed by atoms with Crippen molar-refractivity contribution in [3.05, 3.63) is 18.0 Å². The van der Waals surface area contributed by atoms with Gasteiger partial charge in [0, 0.05) is 24.8 Å². The quantitative estimate of drug-likeness (QED) is 0.600. The van der Waals surface area contributed by atoms with Crippen LogP contribution in [0.1, 0.15) is 11.7 Å². The Bertz CT molecular complexity index is 203. The van der Waals surface area contributed by atoms with Crippen molar-refractivity contribution in [2.45, 2.75) is 6.10 Å². The summed E-state index contributed by atoms with van der Waals surface area (Å²) in [5, 5.41) is 9.89. The van der Waals surface area contributed by atoms with E-state index in [2.05, 4.69) is 15.5 Å². The van der Waals surface area contributed by atoms with Crippen LogP contribution in [0, 0.1) is 0 Å². The van der Waals surface area contributed by atoms with E-state index < -0.39 is 0 Å². The highest BCUT2D eigenvalue weighted by atomic mass is 16.5. The van der Waals surface area contributed by atoms with Crippen molar-refractivity contribution >= 4 is 0 Å². The zero-order valence-electron chi connectivity index (χ0n) is 6.21. The summed E-state index contributed by atoms with van der Waals surface area (Å²) < 4.78 is 5.50. The van der Waals surface area contributed by atoms with Crippen molar-refractivity contribution in [3.8, 4) is 0 Å². The van der Waals surface area contributed by atoms with Gasteiger partial charge in [0.25, 0.3) is 0 Å². The lowest BCUT2D eigenvalue weighted by Gasteiger charge is -2.22. The van der Waals surface area contributed by atoms with Gasteiger partial charge in [-0.15, -0.1) is 0 Å². The molecule has 1 aromatic rings. The summed E-state index contributed by atoms with van der Waals surface area (Å²) in [6, 6.07) is 0. The van der Waals surface area contributed by atoms with Gasteiger partial charge in [-0.1, -0.05) is 0 Å². The van der Waals surface area contributed by atoms with Crippen molar-refractivity contribution in [2.24, 2.45) is 0 Å². The lowest BCUT2D eigenvalue weighted by molar-refractivity contribution is 0.0277. The Kier molecular flexibility index (Phi) is 1.87. The molecule has 0 aliphatic carbocycles. The van der Waals surface area contributed by atoms with Gasteiger partial charge in [-0.2, -0.15) is 5.10 Å². The van der Waals surface area contributed by atoms with E-state index in [1.165, 1.54) is 0 Å². The maximum Gasteiger partial charge on any atom is 0.0980 e. The molecule has 2 rings (SSSR count). The smallest absolute Gasteiger partial charge is 0.0980 e. The first-order valence-corrected chi connectivity index (χ1v) is 3.78. The molecule has 0 spiro atoms. The number of hydrogen-bond donors (Lipinski definition) is 2. The molecule has 2 heterocycles. The fourth-order valence-electron chi connectivity index (χ4n) is 1.22. The standard InChI is InChI=1S/C7H11N3O/c1-2-11-7(5-8-1)6-3-9-10-4-6/h3-4,7-8H,1-2,5H2,(H,9,10). The first-order chi connectivity index (χ1) is 5.47. The molecule has 1 aliphatic rings. The van der Waals surface area contributed by atoms with E-state index in [1.807, 2.05) is 6.20 Å². The second-order valence-corrected chi connectivity index (χ2v) is 2.60. The molecule has 1 fully saturated rings. The molecule has 1 aromatic heterocycles. The molecular weight excluding hydrogens is 142 g/mol. The van der Waals surface area contributed by atoms with Crippen LogP contribution < -0.4 is 5.32 Å². The maximum atomic E-state index is 5.50. The Morgan fingerprint density at radius 2 is 2.64 bits per heavy atom. The first-order valence-electron chi connectivity index (χ1n) is 3.78. The summed E-state index contributed by atoms with van der Waals surface area (Å²) in [6.07, 6.45) is 3.86. The molecule has 1 atom stereocenters. The maximum absolute atomic E-state index is 5.50. The van der Waals surface area contributed by atoms with Crippen LogP contribution in [0.4, 0.5) is 0 Å². The number of nitrogens with zero attached hydrogens (tertiary/aromatic N) is 1. The van der Waals surface area contributed by atoms with E-state index >= 15 is 0 Å². The Balaban J connectivity index is 2.04. The van der Waals surface area contributed by atoms with Crippen molar-refractivity contribution < 1.29 is 4.74 Å². The summed E-state index contributed by atoms with van der Waals surface area (Å²) in [7, 11) is 0. The van der Waals surface area contributed by atoms with Gasteiger partial charge in [-0.25, -0.2) is 0 Å². The number of ether oxygens (including phenoxy) is 1. The molecule has 4 nitrogen and oxygen atoms in total. The van der Waals surface area contributed by atoms with Gasteiger partial charge in [0.1, 0.15) is 0 Å². The third-order valence-electron chi connectivity index (χ3n) is 1.82. The number of rotatable bonds is 1. The number of aromatic amines is 1. The Morgan fingerprint density at radius 1 is 1.64 bits per heavy atom. The molecule has 11 heavy (non-hydrogen) atoms. The molecular formula is C7H11N3O. The van der Waals surface area contributed by atoms with Crippen LogP contribution in [0.25, 0.3) is 0 Å². The van der Waals surface area contributed by atoms with E-state index in [9.17, 15) is 0 Å². The molecule has 0 radical (unpaired) electrons. The fraction of sp³-hybridized carbons (Fsp3) is 0.571. The van der Waals surface area contributed by atoms with Crippen LogP contribution in [-0.2, 0) is 4.74 Å². The van der Waals surface area contributed by atoms with Crippen LogP contribution in [0.5, 0.6) is 0 Å². The van der Waals surface area contributed by atoms with Gasteiger partial charge in [0.05, 0.1) is 18.9 Å². The summed E-state index contributed by atoms with van der Waals surface area (Å²) in [4.78, 5) is 0. The predicted molar refractivity (Wildman–Crippen MR) is 40.2 cm³/mol. The minimum Gasteiger partial charge on any atom is -0.371 e. The molecule has 2 N–H and O–H groups in total. The lowest BCUT2D eigenvalue weighted by atomic mass is 10.2. The van der Waals surface area contributed by atoms with Crippen LogP contribution in [0.3, 0.4) is 0 Å². The molecule has 60 valence electrons. The highest BCUT2D eigenvalue weighted by Crippen LogP contribution is 2.15. The summed E-state index contributed by atoms with van der Waals surface area (Å²) >= 11 is 0. The summed E-state index contributed by atoms with van der Waals surface area (Å²) in [5.74, 6) is 0. The van der Waals surface area contributed by atoms with Crippen molar-refractivity contribution in [2.75, 3.05) is 19.7 Å². The van der Waals surface area contributed by atoms with Crippen molar-refractivity contribution in [1.82, 2.24) is 15.5 Å². The second-order valence-electron chi connectivity index (χ2n) is 2.60. The molecule has 1 unspecified atom stereocenters. The Morgan fingerprint density at radius 3 is 3.27 bits per heavy atom. The van der Waals surface area contributed by atoms with Crippen molar-refractivity contribution in [1.29, 1.82) is 0 Å². The molecule has 0 saturated carbocycles. The van der Waals surface area contributed by atoms with E-state index in [4.69, 9.17) is 4.74 Å². The lowest BCUT2D eigenvalue weighted by Crippen LogP contribution is -2.33. The molecule has 0 bridgehead atoms. The van der Waals surface area contributed by atoms with Gasteiger partial charge < -0.3 is 10.1 Å². The number of hydrogen-bond acceptors (Lipinski definition) is 3. The first kappa shape index (κ1) is 6.82. The molecule has 1 saturated heterocycles. The number of aromatic nitrogens is 2. The molecule has 4 heteroatoms. The zero-order valence-corrected chi connectivity index (χ0v) is 6.21. The number of morpholine rings is 1. The highest BCUT2D eigenvalue weighted by Gasteiger charge is 2.15. The second kappa shape index (κ2) is 3.02.